The van der Waals surface area contributed by atoms with Crippen LogP contribution in [0.3, 0.4) is 0 Å². The fraction of sp³-hybridized carbons (Fsp3) is 0.588. The lowest BCUT2D eigenvalue weighted by Gasteiger charge is -2.30. The molecule has 0 spiro atoms. The standard InChI is InChI=1S/C17H25N3O2S/c1-13-4-6-14(7-5-13)22-12-17(21)20(16-8-9-18-19-16)11-15-3-2-10-23-15/h4-7,15-16,18-19H,2-3,8-12H2,1H3. The zero-order chi connectivity index (χ0) is 16.1. The van der Waals surface area contributed by atoms with Gasteiger partial charge in [-0.25, -0.2) is 5.43 Å². The highest BCUT2D eigenvalue weighted by Crippen LogP contribution is 2.27. The van der Waals surface area contributed by atoms with Gasteiger partial charge in [-0.2, -0.15) is 11.8 Å². The molecule has 0 aromatic heterocycles. The monoisotopic (exact) mass is 335 g/mol. The van der Waals surface area contributed by atoms with Crippen molar-refractivity contribution in [2.75, 3.05) is 25.4 Å². The van der Waals surface area contributed by atoms with Crippen LogP contribution in [0.4, 0.5) is 0 Å². The summed E-state index contributed by atoms with van der Waals surface area (Å²) >= 11 is 1.98. The van der Waals surface area contributed by atoms with Crippen molar-refractivity contribution in [3.8, 4) is 5.75 Å². The Balaban J connectivity index is 1.58. The molecule has 1 aromatic rings. The second-order valence-electron chi connectivity index (χ2n) is 6.16. The van der Waals surface area contributed by atoms with E-state index in [2.05, 4.69) is 10.9 Å². The molecule has 0 saturated carbocycles. The van der Waals surface area contributed by atoms with E-state index in [1.165, 1.54) is 24.2 Å². The number of hydrogen-bond acceptors (Lipinski definition) is 5. The van der Waals surface area contributed by atoms with Gasteiger partial charge in [-0.3, -0.25) is 10.2 Å². The van der Waals surface area contributed by atoms with E-state index in [1.54, 1.807) is 0 Å². The number of hydrazine groups is 1. The molecule has 2 unspecified atom stereocenters. The number of rotatable bonds is 6. The molecule has 0 bridgehead atoms. The SMILES string of the molecule is Cc1ccc(OCC(=O)N(CC2CCCS2)C2CCNN2)cc1. The molecule has 0 radical (unpaired) electrons. The van der Waals surface area contributed by atoms with Crippen LogP contribution in [0.25, 0.3) is 0 Å². The van der Waals surface area contributed by atoms with Gasteiger partial charge in [0.15, 0.2) is 6.61 Å². The molecule has 2 fully saturated rings. The number of amides is 1. The number of thioether (sulfide) groups is 1. The Kier molecular flexibility index (Phi) is 5.80. The van der Waals surface area contributed by atoms with E-state index in [9.17, 15) is 4.79 Å². The van der Waals surface area contributed by atoms with Gasteiger partial charge in [0.25, 0.3) is 5.91 Å². The summed E-state index contributed by atoms with van der Waals surface area (Å²) in [5.41, 5.74) is 7.51. The first-order valence-electron chi connectivity index (χ1n) is 8.31. The first-order valence-corrected chi connectivity index (χ1v) is 9.36. The number of carbonyl (C=O) groups is 1. The minimum atomic E-state index is 0.0549. The maximum Gasteiger partial charge on any atom is 0.261 e. The Labute approximate surface area is 142 Å². The normalized spacial score (nSPS) is 23.9. The second kappa shape index (κ2) is 8.04. The van der Waals surface area contributed by atoms with Crippen molar-refractivity contribution in [2.24, 2.45) is 0 Å². The lowest BCUT2D eigenvalue weighted by molar-refractivity contribution is -0.136. The van der Waals surface area contributed by atoms with Gasteiger partial charge in [0.1, 0.15) is 5.75 Å². The minimum absolute atomic E-state index is 0.0549. The third-order valence-corrected chi connectivity index (χ3v) is 5.70. The first kappa shape index (κ1) is 16.6. The molecule has 0 aliphatic carbocycles. The van der Waals surface area contributed by atoms with Crippen molar-refractivity contribution < 1.29 is 9.53 Å². The fourth-order valence-electron chi connectivity index (χ4n) is 2.98. The van der Waals surface area contributed by atoms with Crippen LogP contribution < -0.4 is 15.6 Å². The first-order chi connectivity index (χ1) is 11.2. The third kappa shape index (κ3) is 4.62. The van der Waals surface area contributed by atoms with Crippen molar-refractivity contribution >= 4 is 17.7 Å². The van der Waals surface area contributed by atoms with Crippen molar-refractivity contribution in [1.29, 1.82) is 0 Å². The largest absolute Gasteiger partial charge is 0.484 e. The van der Waals surface area contributed by atoms with Gasteiger partial charge >= 0.3 is 0 Å². The minimum Gasteiger partial charge on any atom is -0.484 e. The van der Waals surface area contributed by atoms with Gasteiger partial charge in [0, 0.05) is 18.3 Å². The highest BCUT2D eigenvalue weighted by molar-refractivity contribution is 8.00. The maximum atomic E-state index is 12.7. The number of benzene rings is 1. The quantitative estimate of drug-likeness (QED) is 0.832. The zero-order valence-electron chi connectivity index (χ0n) is 13.6. The number of nitrogens with one attached hydrogen (secondary N) is 2. The molecular formula is C17H25N3O2S. The molecule has 2 N–H and O–H groups in total. The molecule has 2 aliphatic heterocycles. The summed E-state index contributed by atoms with van der Waals surface area (Å²) < 4.78 is 5.68. The van der Waals surface area contributed by atoms with E-state index >= 15 is 0 Å². The molecule has 2 saturated heterocycles. The Morgan fingerprint density at radius 2 is 2.17 bits per heavy atom. The van der Waals surface area contributed by atoms with Gasteiger partial charge < -0.3 is 9.64 Å². The molecule has 126 valence electrons. The summed E-state index contributed by atoms with van der Waals surface area (Å²) in [6.45, 7) is 3.83. The Morgan fingerprint density at radius 1 is 1.35 bits per heavy atom. The number of nitrogens with zero attached hydrogens (tertiary/aromatic N) is 1. The number of aryl methyl sites for hydroxylation is 1. The van der Waals surface area contributed by atoms with Crippen molar-refractivity contribution in [3.63, 3.8) is 0 Å². The average molecular weight is 335 g/mol. The zero-order valence-corrected chi connectivity index (χ0v) is 14.4. The summed E-state index contributed by atoms with van der Waals surface area (Å²) in [6, 6.07) is 7.81. The second-order valence-corrected chi connectivity index (χ2v) is 7.57. The lowest BCUT2D eigenvalue weighted by atomic mass is 10.2. The summed E-state index contributed by atoms with van der Waals surface area (Å²) in [5.74, 6) is 2.01. The van der Waals surface area contributed by atoms with E-state index in [1.807, 2.05) is 47.9 Å². The number of carbonyl (C=O) groups excluding carboxylic acids is 1. The van der Waals surface area contributed by atoms with Gasteiger partial charge in [-0.1, -0.05) is 17.7 Å². The molecule has 5 nitrogen and oxygen atoms in total. The van der Waals surface area contributed by atoms with Crippen LogP contribution in [0.5, 0.6) is 5.75 Å². The maximum absolute atomic E-state index is 12.7. The van der Waals surface area contributed by atoms with Gasteiger partial charge in [-0.15, -0.1) is 0 Å². The molecule has 2 atom stereocenters. The van der Waals surface area contributed by atoms with Crippen LogP contribution in [0.2, 0.25) is 0 Å². The smallest absolute Gasteiger partial charge is 0.261 e. The average Bonchev–Trinajstić information content (AvgIpc) is 3.25. The highest BCUT2D eigenvalue weighted by atomic mass is 32.2. The van der Waals surface area contributed by atoms with Crippen molar-refractivity contribution in [3.05, 3.63) is 29.8 Å². The van der Waals surface area contributed by atoms with Gasteiger partial charge in [0.2, 0.25) is 0 Å². The van der Waals surface area contributed by atoms with Crippen LogP contribution in [0, 0.1) is 6.92 Å². The lowest BCUT2D eigenvalue weighted by Crippen LogP contribution is -2.51. The molecule has 6 heteroatoms. The Morgan fingerprint density at radius 3 is 2.83 bits per heavy atom. The summed E-state index contributed by atoms with van der Waals surface area (Å²) in [4.78, 5) is 14.6. The molecule has 2 heterocycles. The topological polar surface area (TPSA) is 53.6 Å². The van der Waals surface area contributed by atoms with Crippen LogP contribution in [-0.4, -0.2) is 47.7 Å². The van der Waals surface area contributed by atoms with E-state index in [0.29, 0.717) is 5.25 Å². The van der Waals surface area contributed by atoms with E-state index < -0.39 is 0 Å². The number of ether oxygens (including phenoxy) is 1. The molecule has 1 amide bonds. The summed E-state index contributed by atoms with van der Waals surface area (Å²) in [6.07, 6.45) is 3.47. The predicted molar refractivity (Wildman–Crippen MR) is 93.4 cm³/mol. The highest BCUT2D eigenvalue weighted by Gasteiger charge is 2.30. The van der Waals surface area contributed by atoms with Crippen LogP contribution in [0.1, 0.15) is 24.8 Å². The van der Waals surface area contributed by atoms with E-state index in [4.69, 9.17) is 4.74 Å². The summed E-state index contributed by atoms with van der Waals surface area (Å²) in [7, 11) is 0. The van der Waals surface area contributed by atoms with Crippen LogP contribution >= 0.6 is 11.8 Å². The third-order valence-electron chi connectivity index (χ3n) is 4.32. The van der Waals surface area contributed by atoms with Crippen molar-refractivity contribution in [2.45, 2.75) is 37.6 Å². The van der Waals surface area contributed by atoms with Crippen LogP contribution in [-0.2, 0) is 4.79 Å². The fourth-order valence-corrected chi connectivity index (χ4v) is 4.24. The molecule has 2 aliphatic rings. The van der Waals surface area contributed by atoms with Gasteiger partial charge in [0.05, 0.1) is 6.17 Å². The Hall–Kier alpha value is -1.24. The van der Waals surface area contributed by atoms with E-state index in [-0.39, 0.29) is 18.7 Å². The predicted octanol–water partition coefficient (Wildman–Crippen LogP) is 1.92. The number of hydrogen-bond donors (Lipinski definition) is 2. The molecule has 1 aromatic carbocycles. The summed E-state index contributed by atoms with van der Waals surface area (Å²) in [5, 5.41) is 0.556. The van der Waals surface area contributed by atoms with Crippen molar-refractivity contribution in [1.82, 2.24) is 15.8 Å². The molecular weight excluding hydrogens is 310 g/mol. The van der Waals surface area contributed by atoms with Gasteiger partial charge in [-0.05, 0) is 44.1 Å². The van der Waals surface area contributed by atoms with Crippen LogP contribution in [0.15, 0.2) is 24.3 Å². The van der Waals surface area contributed by atoms with E-state index in [0.717, 1.165) is 25.3 Å². The molecule has 3 rings (SSSR count). The molecule has 23 heavy (non-hydrogen) atoms. The Bertz CT molecular complexity index is 511.